The van der Waals surface area contributed by atoms with Gasteiger partial charge in [-0.2, -0.15) is 0 Å². The first-order chi connectivity index (χ1) is 17.0. The number of hydrogen-bond acceptors (Lipinski definition) is 4. The van der Waals surface area contributed by atoms with E-state index in [1.165, 1.54) is 47.3 Å². The van der Waals surface area contributed by atoms with Crippen LogP contribution in [0.3, 0.4) is 0 Å². The summed E-state index contributed by atoms with van der Waals surface area (Å²) in [5.41, 5.74) is 3.92. The Bertz CT molecular complexity index is 1040. The fraction of sp³-hybridized carbons (Fsp3) is 0.586. The van der Waals surface area contributed by atoms with E-state index in [9.17, 15) is 9.59 Å². The van der Waals surface area contributed by atoms with Crippen LogP contribution in [0, 0.1) is 12.8 Å². The van der Waals surface area contributed by atoms with Crippen LogP contribution in [0.2, 0.25) is 0 Å². The van der Waals surface area contributed by atoms with Gasteiger partial charge < -0.3 is 9.80 Å². The molecule has 1 saturated heterocycles. The summed E-state index contributed by atoms with van der Waals surface area (Å²) in [5.74, 6) is 1.22. The monoisotopic (exact) mass is 493 g/mol. The molecule has 5 rings (SSSR count). The van der Waals surface area contributed by atoms with Gasteiger partial charge in [-0.15, -0.1) is 11.3 Å². The predicted octanol–water partition coefficient (Wildman–Crippen LogP) is 5.03. The number of nitrogens with zero attached hydrogens (tertiary/aromatic N) is 3. The van der Waals surface area contributed by atoms with Crippen molar-refractivity contribution in [2.45, 2.75) is 70.9 Å². The normalized spacial score (nSPS) is 22.3. The number of amides is 2. The number of benzene rings is 1. The molecule has 2 amide bonds. The van der Waals surface area contributed by atoms with Crippen molar-refractivity contribution in [1.82, 2.24) is 14.7 Å². The smallest absolute Gasteiger partial charge is 0.239 e. The molecule has 2 aromatic rings. The van der Waals surface area contributed by atoms with Gasteiger partial charge in [0.1, 0.15) is 0 Å². The van der Waals surface area contributed by atoms with Crippen molar-refractivity contribution in [3.8, 4) is 0 Å². The standard InChI is InChI=1S/C29H39N3O2S/c1-21-7-3-6-10-24(21)28-25-14-20-35-26(25)13-15-32(28)22(2)29(34)31-18-16-30(17-19-31)27(33)12-11-23-8-4-5-9-23/h3,6-7,10,14,20,22-23,28H,4-5,8-9,11-13,15-19H2,1-2H3/t22-,28-/m1/s1. The number of thiophene rings is 1. The van der Waals surface area contributed by atoms with Crippen molar-refractivity contribution >= 4 is 23.2 Å². The summed E-state index contributed by atoms with van der Waals surface area (Å²) in [4.78, 5) is 34.2. The quantitative estimate of drug-likeness (QED) is 0.567. The van der Waals surface area contributed by atoms with E-state index in [-0.39, 0.29) is 23.9 Å². The van der Waals surface area contributed by atoms with Crippen LogP contribution >= 0.6 is 11.3 Å². The number of carbonyl (C=O) groups excluding carboxylic acids is 2. The summed E-state index contributed by atoms with van der Waals surface area (Å²) < 4.78 is 0. The fourth-order valence-corrected chi connectivity index (χ4v) is 7.26. The van der Waals surface area contributed by atoms with Gasteiger partial charge in [-0.25, -0.2) is 0 Å². The van der Waals surface area contributed by atoms with Crippen LogP contribution < -0.4 is 0 Å². The van der Waals surface area contributed by atoms with Gasteiger partial charge in [-0.05, 0) is 60.7 Å². The van der Waals surface area contributed by atoms with E-state index in [1.54, 1.807) is 0 Å². The molecule has 0 radical (unpaired) electrons. The molecule has 1 saturated carbocycles. The molecule has 6 heteroatoms. The molecule has 188 valence electrons. The van der Waals surface area contributed by atoms with E-state index in [1.807, 2.05) is 21.1 Å². The van der Waals surface area contributed by atoms with Crippen molar-refractivity contribution in [3.63, 3.8) is 0 Å². The van der Waals surface area contributed by atoms with Crippen molar-refractivity contribution in [3.05, 3.63) is 57.3 Å². The number of rotatable bonds is 6. The third kappa shape index (κ3) is 5.19. The molecule has 1 aromatic carbocycles. The van der Waals surface area contributed by atoms with Crippen molar-refractivity contribution in [2.75, 3.05) is 32.7 Å². The molecule has 35 heavy (non-hydrogen) atoms. The van der Waals surface area contributed by atoms with Gasteiger partial charge in [0.05, 0.1) is 12.1 Å². The average Bonchev–Trinajstić information content (AvgIpc) is 3.58. The van der Waals surface area contributed by atoms with Crippen LogP contribution in [-0.4, -0.2) is 65.3 Å². The van der Waals surface area contributed by atoms with Crippen molar-refractivity contribution < 1.29 is 9.59 Å². The maximum Gasteiger partial charge on any atom is 0.239 e. The molecule has 2 atom stereocenters. The molecule has 1 aromatic heterocycles. The van der Waals surface area contributed by atoms with Gasteiger partial charge in [0.2, 0.25) is 11.8 Å². The minimum atomic E-state index is -0.197. The topological polar surface area (TPSA) is 43.9 Å². The number of piperazine rings is 1. The highest BCUT2D eigenvalue weighted by Gasteiger charge is 2.38. The van der Waals surface area contributed by atoms with Crippen LogP contribution in [-0.2, 0) is 16.0 Å². The van der Waals surface area contributed by atoms with Crippen LogP contribution in [0.25, 0.3) is 0 Å². The molecule has 5 nitrogen and oxygen atoms in total. The van der Waals surface area contributed by atoms with Crippen LogP contribution in [0.15, 0.2) is 35.7 Å². The second kappa shape index (κ2) is 10.8. The van der Waals surface area contributed by atoms with Gasteiger partial charge in [0, 0.05) is 44.0 Å². The summed E-state index contributed by atoms with van der Waals surface area (Å²) >= 11 is 1.84. The summed E-state index contributed by atoms with van der Waals surface area (Å²) in [6.45, 7) is 7.75. The Labute approximate surface area is 214 Å². The second-order valence-electron chi connectivity index (χ2n) is 10.6. The zero-order valence-electron chi connectivity index (χ0n) is 21.2. The van der Waals surface area contributed by atoms with Crippen molar-refractivity contribution in [1.29, 1.82) is 0 Å². The average molecular weight is 494 g/mol. The molecule has 2 aliphatic heterocycles. The molecule has 0 N–H and O–H groups in total. The zero-order valence-corrected chi connectivity index (χ0v) is 22.1. The maximum absolute atomic E-state index is 13.7. The number of hydrogen-bond donors (Lipinski definition) is 0. The minimum absolute atomic E-state index is 0.114. The van der Waals surface area contributed by atoms with Crippen LogP contribution in [0.1, 0.15) is 73.1 Å². The van der Waals surface area contributed by atoms with Gasteiger partial charge in [0.15, 0.2) is 0 Å². The molecule has 2 fully saturated rings. The van der Waals surface area contributed by atoms with Gasteiger partial charge in [0.25, 0.3) is 0 Å². The lowest BCUT2D eigenvalue weighted by atomic mass is 9.89. The van der Waals surface area contributed by atoms with Crippen molar-refractivity contribution in [2.24, 2.45) is 5.92 Å². The molecule has 0 bridgehead atoms. The Morgan fingerprint density at radius 2 is 1.69 bits per heavy atom. The molecule has 0 unspecified atom stereocenters. The number of fused-ring (bicyclic) bond motifs is 1. The van der Waals surface area contributed by atoms with E-state index in [4.69, 9.17) is 0 Å². The van der Waals surface area contributed by atoms with Crippen LogP contribution in [0.5, 0.6) is 0 Å². The Balaban J connectivity index is 1.23. The molecule has 0 spiro atoms. The van der Waals surface area contributed by atoms with Gasteiger partial charge in [-0.3, -0.25) is 14.5 Å². The Kier molecular flexibility index (Phi) is 7.59. The van der Waals surface area contributed by atoms with Gasteiger partial charge in [-0.1, -0.05) is 49.9 Å². The first kappa shape index (κ1) is 24.5. The lowest BCUT2D eigenvalue weighted by Gasteiger charge is -2.43. The molecule has 3 heterocycles. The summed E-state index contributed by atoms with van der Waals surface area (Å²) in [5, 5.41) is 2.19. The minimum Gasteiger partial charge on any atom is -0.339 e. The molecular formula is C29H39N3O2S. The lowest BCUT2D eigenvalue weighted by Crippen LogP contribution is -2.56. The molecule has 3 aliphatic rings. The highest BCUT2D eigenvalue weighted by Crippen LogP contribution is 2.40. The van der Waals surface area contributed by atoms with Gasteiger partial charge >= 0.3 is 0 Å². The van der Waals surface area contributed by atoms with E-state index >= 15 is 0 Å². The maximum atomic E-state index is 13.7. The molecule has 1 aliphatic carbocycles. The van der Waals surface area contributed by atoms with E-state index in [0.29, 0.717) is 32.6 Å². The van der Waals surface area contributed by atoms with Crippen LogP contribution in [0.4, 0.5) is 0 Å². The molecular weight excluding hydrogens is 454 g/mol. The first-order valence-corrected chi connectivity index (χ1v) is 14.3. The Morgan fingerprint density at radius 3 is 2.43 bits per heavy atom. The SMILES string of the molecule is Cc1ccccc1[C@@H]1c2ccsc2CCN1[C@H](C)C(=O)N1CCN(C(=O)CCC2CCCC2)CC1. The summed E-state index contributed by atoms with van der Waals surface area (Å²) in [6, 6.07) is 10.7. The lowest BCUT2D eigenvalue weighted by molar-refractivity contribution is -0.143. The summed E-state index contributed by atoms with van der Waals surface area (Å²) in [7, 11) is 0. The summed E-state index contributed by atoms with van der Waals surface area (Å²) in [6.07, 6.45) is 7.94. The number of aryl methyl sites for hydroxylation is 1. The second-order valence-corrected chi connectivity index (χ2v) is 11.6. The van der Waals surface area contributed by atoms with E-state index < -0.39 is 0 Å². The van der Waals surface area contributed by atoms with E-state index in [0.717, 1.165) is 25.3 Å². The largest absolute Gasteiger partial charge is 0.339 e. The Morgan fingerprint density at radius 1 is 0.971 bits per heavy atom. The Hall–Kier alpha value is -2.18. The first-order valence-electron chi connectivity index (χ1n) is 13.5. The predicted molar refractivity (Wildman–Crippen MR) is 142 cm³/mol. The highest BCUT2D eigenvalue weighted by atomic mass is 32.1. The number of carbonyl (C=O) groups is 2. The zero-order chi connectivity index (χ0) is 24.4. The third-order valence-electron chi connectivity index (χ3n) is 8.53. The highest BCUT2D eigenvalue weighted by molar-refractivity contribution is 7.10. The van der Waals surface area contributed by atoms with E-state index in [2.05, 4.69) is 54.5 Å². The third-order valence-corrected chi connectivity index (χ3v) is 9.52. The fourth-order valence-electron chi connectivity index (χ4n) is 6.36.